The molecule has 4 aromatic heterocycles. The van der Waals surface area contributed by atoms with Gasteiger partial charge in [0.15, 0.2) is 11.5 Å². The molecule has 0 amide bonds. The summed E-state index contributed by atoms with van der Waals surface area (Å²) in [5.74, 6) is 0.140. The summed E-state index contributed by atoms with van der Waals surface area (Å²) in [6.07, 6.45) is 5.07. The predicted molar refractivity (Wildman–Crippen MR) is 116 cm³/mol. The fourth-order valence-corrected chi connectivity index (χ4v) is 3.45. The van der Waals surface area contributed by atoms with Crippen LogP contribution in [0.15, 0.2) is 24.7 Å². The third kappa shape index (κ3) is 3.68. The molecule has 4 heterocycles. The highest BCUT2D eigenvalue weighted by molar-refractivity contribution is 6.29. The number of aliphatic carboxylic acids is 1. The first-order valence-electron chi connectivity index (χ1n) is 9.45. The van der Waals surface area contributed by atoms with Crippen LogP contribution in [0.4, 0.5) is 5.82 Å². The second-order valence-electron chi connectivity index (χ2n) is 8.31. The summed E-state index contributed by atoms with van der Waals surface area (Å²) in [7, 11) is 1.90. The highest BCUT2D eigenvalue weighted by Gasteiger charge is 2.28. The zero-order valence-corrected chi connectivity index (χ0v) is 17.8. The van der Waals surface area contributed by atoms with Crippen molar-refractivity contribution in [1.29, 1.82) is 0 Å². The number of anilines is 1. The number of carboxylic acid groups (broad SMARTS) is 1. The maximum Gasteiger partial charge on any atom is 0.305 e. The van der Waals surface area contributed by atoms with Crippen LogP contribution in [0.2, 0.25) is 5.15 Å². The van der Waals surface area contributed by atoms with Crippen LogP contribution in [0, 0.1) is 5.41 Å². The molecule has 0 fully saturated rings. The van der Waals surface area contributed by atoms with E-state index >= 15 is 0 Å². The van der Waals surface area contributed by atoms with Crippen molar-refractivity contribution in [3.05, 3.63) is 29.8 Å². The number of aromatic nitrogens is 6. The van der Waals surface area contributed by atoms with E-state index in [4.69, 9.17) is 21.6 Å². The number of nitrogens with zero attached hydrogens (tertiary/aromatic N) is 5. The summed E-state index contributed by atoms with van der Waals surface area (Å²) in [5.41, 5.74) is 2.23. The minimum atomic E-state index is -0.873. The Bertz CT molecular complexity index is 1260. The van der Waals surface area contributed by atoms with E-state index in [1.807, 2.05) is 44.6 Å². The van der Waals surface area contributed by atoms with Crippen molar-refractivity contribution in [3.8, 4) is 11.4 Å². The van der Waals surface area contributed by atoms with Crippen LogP contribution in [0.1, 0.15) is 27.2 Å². The zero-order valence-electron chi connectivity index (χ0n) is 17.1. The maximum atomic E-state index is 11.4. The third-order valence-electron chi connectivity index (χ3n) is 5.05. The number of carboxylic acids is 1. The molecule has 4 aromatic rings. The molecule has 30 heavy (non-hydrogen) atoms. The number of aryl methyl sites for hydroxylation is 1. The molecule has 0 aliphatic heterocycles. The van der Waals surface area contributed by atoms with E-state index in [9.17, 15) is 9.90 Å². The summed E-state index contributed by atoms with van der Waals surface area (Å²) < 4.78 is 1.89. The first kappa shape index (κ1) is 20.1. The molecule has 0 spiro atoms. The van der Waals surface area contributed by atoms with E-state index in [2.05, 4.69) is 20.3 Å². The van der Waals surface area contributed by atoms with Gasteiger partial charge in [-0.1, -0.05) is 32.4 Å². The third-order valence-corrected chi connectivity index (χ3v) is 5.23. The Kier molecular flexibility index (Phi) is 4.85. The number of fused-ring (bicyclic) bond motifs is 2. The van der Waals surface area contributed by atoms with Crippen molar-refractivity contribution in [2.75, 3.05) is 5.32 Å². The molecule has 0 aliphatic rings. The predicted octanol–water partition coefficient (Wildman–Crippen LogP) is 3.86. The van der Waals surface area contributed by atoms with Gasteiger partial charge < -0.3 is 20.0 Å². The van der Waals surface area contributed by atoms with Gasteiger partial charge in [0.1, 0.15) is 22.1 Å². The van der Waals surface area contributed by atoms with Gasteiger partial charge in [-0.05, 0) is 11.5 Å². The van der Waals surface area contributed by atoms with Crippen molar-refractivity contribution in [2.45, 2.75) is 33.2 Å². The second-order valence-corrected chi connectivity index (χ2v) is 8.70. The topological polar surface area (TPSA) is 122 Å². The fourth-order valence-electron chi connectivity index (χ4n) is 3.32. The fraction of sp³-hybridized carbons (Fsp3) is 0.350. The summed E-state index contributed by atoms with van der Waals surface area (Å²) in [4.78, 5) is 32.6. The normalized spacial score (nSPS) is 13.1. The van der Waals surface area contributed by atoms with E-state index in [0.29, 0.717) is 28.4 Å². The number of halogens is 1. The van der Waals surface area contributed by atoms with Gasteiger partial charge in [0.05, 0.1) is 23.6 Å². The lowest BCUT2D eigenvalue weighted by Crippen LogP contribution is -2.36. The number of hydrogen-bond donors (Lipinski definition) is 3. The van der Waals surface area contributed by atoms with Gasteiger partial charge in [0, 0.05) is 25.5 Å². The first-order valence-corrected chi connectivity index (χ1v) is 9.82. The Labute approximate surface area is 177 Å². The van der Waals surface area contributed by atoms with Crippen LogP contribution in [-0.4, -0.2) is 46.6 Å². The van der Waals surface area contributed by atoms with Crippen molar-refractivity contribution < 1.29 is 9.90 Å². The molecular formula is C20H22ClN7O2. The van der Waals surface area contributed by atoms with E-state index in [1.165, 1.54) is 6.20 Å². The van der Waals surface area contributed by atoms with E-state index < -0.39 is 5.97 Å². The van der Waals surface area contributed by atoms with Gasteiger partial charge in [-0.15, -0.1) is 0 Å². The Morgan fingerprint density at radius 1 is 1.33 bits per heavy atom. The number of aromatic amines is 1. The van der Waals surface area contributed by atoms with Gasteiger partial charge in [-0.25, -0.2) is 19.9 Å². The molecule has 1 atom stereocenters. The average Bonchev–Trinajstić information content (AvgIpc) is 3.23. The van der Waals surface area contributed by atoms with Crippen LogP contribution >= 0.6 is 11.6 Å². The monoisotopic (exact) mass is 427 g/mol. The minimum absolute atomic E-state index is 0.0364. The molecule has 10 heteroatoms. The van der Waals surface area contributed by atoms with Crippen LogP contribution in [0.3, 0.4) is 0 Å². The molecule has 0 aliphatic carbocycles. The lowest BCUT2D eigenvalue weighted by atomic mass is 9.84. The van der Waals surface area contributed by atoms with E-state index in [0.717, 1.165) is 11.0 Å². The maximum absolute atomic E-state index is 11.4. The lowest BCUT2D eigenvalue weighted by Gasteiger charge is -2.31. The smallest absolute Gasteiger partial charge is 0.305 e. The Morgan fingerprint density at radius 2 is 2.10 bits per heavy atom. The summed E-state index contributed by atoms with van der Waals surface area (Å²) in [6.45, 7) is 5.99. The van der Waals surface area contributed by atoms with Gasteiger partial charge in [0.2, 0.25) is 0 Å². The largest absolute Gasteiger partial charge is 0.481 e. The molecule has 0 saturated heterocycles. The average molecular weight is 428 g/mol. The number of rotatable bonds is 5. The van der Waals surface area contributed by atoms with E-state index in [-0.39, 0.29) is 23.0 Å². The number of hydrogen-bond acceptors (Lipinski definition) is 6. The van der Waals surface area contributed by atoms with Crippen molar-refractivity contribution in [1.82, 2.24) is 29.5 Å². The second kappa shape index (κ2) is 7.24. The Hall–Kier alpha value is -3.20. The van der Waals surface area contributed by atoms with Crippen LogP contribution in [0.5, 0.6) is 0 Å². The summed E-state index contributed by atoms with van der Waals surface area (Å²) in [5, 5.41) is 13.8. The quantitative estimate of drug-likeness (QED) is 0.442. The molecule has 156 valence electrons. The minimum Gasteiger partial charge on any atom is -0.481 e. The van der Waals surface area contributed by atoms with Crippen molar-refractivity contribution in [2.24, 2.45) is 12.5 Å². The van der Waals surface area contributed by atoms with Crippen LogP contribution in [0.25, 0.3) is 33.6 Å². The van der Waals surface area contributed by atoms with Crippen molar-refractivity contribution in [3.63, 3.8) is 0 Å². The molecule has 0 saturated carbocycles. The highest BCUT2D eigenvalue weighted by Crippen LogP contribution is 2.32. The SMILES string of the molecule is Cn1ccc2c(NC(CC(=O)O)C(C)(C)C)nc(-c3c[nH]c4ncc(Cl)nc34)nc21. The van der Waals surface area contributed by atoms with Crippen LogP contribution in [-0.2, 0) is 11.8 Å². The number of carbonyl (C=O) groups is 1. The van der Waals surface area contributed by atoms with Crippen molar-refractivity contribution >= 4 is 45.6 Å². The lowest BCUT2D eigenvalue weighted by molar-refractivity contribution is -0.137. The molecule has 3 N–H and O–H groups in total. The Morgan fingerprint density at radius 3 is 2.80 bits per heavy atom. The number of H-pyrrole nitrogens is 1. The molecule has 0 radical (unpaired) electrons. The standard InChI is InChI=1S/C20H22ClN7O2/c1-20(2,3)12(7-14(29)30)24-16-10-5-6-28(4)19(10)27-17(26-16)11-8-22-18-15(11)25-13(21)9-23-18/h5-6,8-9,12H,7H2,1-4H3,(H,22,23)(H,29,30)(H,24,26,27). The summed E-state index contributed by atoms with van der Waals surface area (Å²) in [6, 6.07) is 1.58. The highest BCUT2D eigenvalue weighted by atomic mass is 35.5. The molecule has 1 unspecified atom stereocenters. The van der Waals surface area contributed by atoms with Crippen LogP contribution < -0.4 is 5.32 Å². The van der Waals surface area contributed by atoms with E-state index in [1.54, 1.807) is 6.20 Å². The summed E-state index contributed by atoms with van der Waals surface area (Å²) >= 11 is 6.04. The van der Waals surface area contributed by atoms with Gasteiger partial charge in [0.25, 0.3) is 0 Å². The molecule has 4 rings (SSSR count). The number of nitrogens with one attached hydrogen (secondary N) is 2. The van der Waals surface area contributed by atoms with Gasteiger partial charge in [-0.3, -0.25) is 4.79 Å². The van der Waals surface area contributed by atoms with Gasteiger partial charge >= 0.3 is 5.97 Å². The molecule has 0 bridgehead atoms. The zero-order chi connectivity index (χ0) is 21.6. The Balaban J connectivity index is 1.88. The van der Waals surface area contributed by atoms with Gasteiger partial charge in [-0.2, -0.15) is 0 Å². The molecular weight excluding hydrogens is 406 g/mol. The molecule has 0 aromatic carbocycles. The first-order chi connectivity index (χ1) is 14.1. The molecule has 9 nitrogen and oxygen atoms in total.